The van der Waals surface area contributed by atoms with Crippen LogP contribution >= 0.6 is 0 Å². The average Bonchev–Trinajstić information content (AvgIpc) is 2.28. The topological polar surface area (TPSA) is 75.6 Å². The molecule has 0 saturated heterocycles. The number of hydrogen-bond donors (Lipinski definition) is 2. The van der Waals surface area contributed by atoms with Crippen molar-refractivity contribution in [3.8, 4) is 0 Å². The van der Waals surface area contributed by atoms with E-state index in [9.17, 15) is 14.0 Å². The Balaban J connectivity index is 2.60. The molecular weight excluding hydrogens is 241 g/mol. The molecule has 0 bridgehead atoms. The van der Waals surface area contributed by atoms with E-state index < -0.39 is 17.3 Å². The first-order valence-electron chi connectivity index (χ1n) is 5.36. The molecule has 1 amide bonds. The van der Waals surface area contributed by atoms with Crippen molar-refractivity contribution in [2.24, 2.45) is 0 Å². The number of nitrogens with one attached hydrogen (secondary N) is 1. The Labute approximate surface area is 104 Å². The summed E-state index contributed by atoms with van der Waals surface area (Å²) >= 11 is 0. The van der Waals surface area contributed by atoms with Gasteiger partial charge in [0.2, 0.25) is 5.91 Å². The van der Waals surface area contributed by atoms with Gasteiger partial charge < -0.3 is 15.2 Å². The summed E-state index contributed by atoms with van der Waals surface area (Å²) < 4.78 is 18.1. The van der Waals surface area contributed by atoms with E-state index in [1.807, 2.05) is 0 Å². The van der Waals surface area contributed by atoms with Crippen LogP contribution in [-0.2, 0) is 9.53 Å². The lowest BCUT2D eigenvalue weighted by molar-refractivity contribution is -0.116. The number of carboxylic acids is 1. The number of methoxy groups -OCH3 is 1. The summed E-state index contributed by atoms with van der Waals surface area (Å²) in [6, 6.07) is 3.45. The van der Waals surface area contributed by atoms with E-state index in [2.05, 4.69) is 5.32 Å². The van der Waals surface area contributed by atoms with E-state index >= 15 is 0 Å². The second kappa shape index (κ2) is 6.70. The smallest absolute Gasteiger partial charge is 0.338 e. The van der Waals surface area contributed by atoms with Gasteiger partial charge in [-0.05, 0) is 24.6 Å². The summed E-state index contributed by atoms with van der Waals surface area (Å²) in [5.41, 5.74) is -0.188. The third kappa shape index (κ3) is 4.14. The third-order valence-corrected chi connectivity index (χ3v) is 2.24. The fourth-order valence-corrected chi connectivity index (χ4v) is 1.37. The van der Waals surface area contributed by atoms with Crippen LogP contribution in [0.15, 0.2) is 18.2 Å². The Bertz CT molecular complexity index is 448. The van der Waals surface area contributed by atoms with Crippen LogP contribution in [0.5, 0.6) is 0 Å². The quantitative estimate of drug-likeness (QED) is 0.761. The zero-order chi connectivity index (χ0) is 13.5. The molecule has 0 atom stereocenters. The van der Waals surface area contributed by atoms with Crippen molar-refractivity contribution in [1.82, 2.24) is 0 Å². The van der Waals surface area contributed by atoms with Gasteiger partial charge in [0.05, 0.1) is 5.56 Å². The van der Waals surface area contributed by atoms with Crippen LogP contribution in [0.2, 0.25) is 0 Å². The molecule has 0 radical (unpaired) electrons. The minimum atomic E-state index is -1.34. The van der Waals surface area contributed by atoms with E-state index in [0.717, 1.165) is 12.1 Å². The highest BCUT2D eigenvalue weighted by molar-refractivity contribution is 5.92. The van der Waals surface area contributed by atoms with Gasteiger partial charge in [0.15, 0.2) is 0 Å². The second-order valence-electron chi connectivity index (χ2n) is 3.64. The summed E-state index contributed by atoms with van der Waals surface area (Å²) in [6.07, 6.45) is 0.828. The molecule has 0 aliphatic rings. The summed E-state index contributed by atoms with van der Waals surface area (Å²) in [6.45, 7) is 0.472. The molecule has 18 heavy (non-hydrogen) atoms. The molecule has 0 heterocycles. The first-order chi connectivity index (χ1) is 8.54. The number of ether oxygens (including phenoxy) is 1. The fourth-order valence-electron chi connectivity index (χ4n) is 1.37. The van der Waals surface area contributed by atoms with Crippen LogP contribution in [0.3, 0.4) is 0 Å². The predicted octanol–water partition coefficient (Wildman–Crippen LogP) is 1.89. The van der Waals surface area contributed by atoms with Crippen molar-refractivity contribution in [2.45, 2.75) is 12.8 Å². The monoisotopic (exact) mass is 255 g/mol. The largest absolute Gasteiger partial charge is 0.478 e. The maximum absolute atomic E-state index is 13.3. The van der Waals surface area contributed by atoms with Crippen molar-refractivity contribution in [3.05, 3.63) is 29.6 Å². The van der Waals surface area contributed by atoms with E-state index in [0.29, 0.717) is 13.0 Å². The fraction of sp³-hybridized carbons (Fsp3) is 0.333. The van der Waals surface area contributed by atoms with Gasteiger partial charge in [-0.1, -0.05) is 0 Å². The molecular formula is C12H14FNO4. The lowest BCUT2D eigenvalue weighted by Crippen LogP contribution is -2.12. The zero-order valence-corrected chi connectivity index (χ0v) is 9.90. The van der Waals surface area contributed by atoms with Gasteiger partial charge in [0.25, 0.3) is 0 Å². The maximum Gasteiger partial charge on any atom is 0.338 e. The van der Waals surface area contributed by atoms with Gasteiger partial charge in [-0.2, -0.15) is 0 Å². The Morgan fingerprint density at radius 1 is 1.44 bits per heavy atom. The Morgan fingerprint density at radius 2 is 2.17 bits per heavy atom. The van der Waals surface area contributed by atoms with Gasteiger partial charge in [-0.3, -0.25) is 4.79 Å². The summed E-state index contributed by atoms with van der Waals surface area (Å²) in [4.78, 5) is 22.0. The molecule has 0 spiro atoms. The normalized spacial score (nSPS) is 10.1. The third-order valence-electron chi connectivity index (χ3n) is 2.24. The molecule has 98 valence electrons. The molecule has 0 aliphatic heterocycles. The number of carboxylic acid groups (broad SMARTS) is 1. The summed E-state index contributed by atoms with van der Waals surface area (Å²) in [5.74, 6) is -2.49. The first-order valence-corrected chi connectivity index (χ1v) is 5.36. The molecule has 0 aromatic heterocycles. The van der Waals surface area contributed by atoms with Crippen LogP contribution in [0.4, 0.5) is 10.1 Å². The maximum atomic E-state index is 13.3. The van der Waals surface area contributed by atoms with Gasteiger partial charge >= 0.3 is 5.97 Å². The number of anilines is 1. The van der Waals surface area contributed by atoms with E-state index in [4.69, 9.17) is 9.84 Å². The number of hydrogen-bond acceptors (Lipinski definition) is 3. The summed E-state index contributed by atoms with van der Waals surface area (Å²) in [7, 11) is 1.54. The highest BCUT2D eigenvalue weighted by Gasteiger charge is 2.11. The number of carbonyl (C=O) groups excluding carboxylic acids is 1. The lowest BCUT2D eigenvalue weighted by atomic mass is 10.2. The van der Waals surface area contributed by atoms with Crippen LogP contribution in [0.1, 0.15) is 23.2 Å². The van der Waals surface area contributed by atoms with Crippen LogP contribution in [-0.4, -0.2) is 30.7 Å². The van der Waals surface area contributed by atoms with Crippen molar-refractivity contribution in [3.63, 3.8) is 0 Å². The van der Waals surface area contributed by atoms with Crippen molar-refractivity contribution in [2.75, 3.05) is 19.0 Å². The highest BCUT2D eigenvalue weighted by atomic mass is 19.1. The lowest BCUT2D eigenvalue weighted by Gasteiger charge is -2.06. The van der Waals surface area contributed by atoms with Crippen LogP contribution in [0.25, 0.3) is 0 Å². The Morgan fingerprint density at radius 3 is 2.72 bits per heavy atom. The van der Waals surface area contributed by atoms with Gasteiger partial charge in [-0.15, -0.1) is 0 Å². The number of halogens is 1. The zero-order valence-electron chi connectivity index (χ0n) is 9.90. The molecule has 0 fully saturated rings. The second-order valence-corrected chi connectivity index (χ2v) is 3.64. The number of rotatable bonds is 6. The molecule has 2 N–H and O–H groups in total. The Hall–Kier alpha value is -1.95. The molecule has 0 aliphatic carbocycles. The minimum Gasteiger partial charge on any atom is -0.478 e. The van der Waals surface area contributed by atoms with Gasteiger partial charge in [0.1, 0.15) is 5.82 Å². The molecule has 6 heteroatoms. The molecule has 0 saturated carbocycles. The van der Waals surface area contributed by atoms with E-state index in [1.165, 1.54) is 13.2 Å². The number of benzene rings is 1. The van der Waals surface area contributed by atoms with Crippen LogP contribution in [0, 0.1) is 5.82 Å². The predicted molar refractivity (Wildman–Crippen MR) is 63.1 cm³/mol. The van der Waals surface area contributed by atoms with Gasteiger partial charge in [0, 0.05) is 25.8 Å². The minimum absolute atomic E-state index is 0.236. The SMILES string of the molecule is COCCCC(=O)Nc1ccc(C(=O)O)c(F)c1. The molecule has 0 unspecified atom stereocenters. The average molecular weight is 255 g/mol. The van der Waals surface area contributed by atoms with E-state index in [1.54, 1.807) is 0 Å². The standard InChI is InChI=1S/C12H14FNO4/c1-18-6-2-3-11(15)14-8-4-5-9(12(16)17)10(13)7-8/h4-5,7H,2-3,6H2,1H3,(H,14,15)(H,16,17). The molecule has 5 nitrogen and oxygen atoms in total. The van der Waals surface area contributed by atoms with E-state index in [-0.39, 0.29) is 18.0 Å². The van der Waals surface area contributed by atoms with Crippen molar-refractivity contribution < 1.29 is 23.8 Å². The first kappa shape index (κ1) is 14.1. The molecule has 1 aromatic rings. The highest BCUT2D eigenvalue weighted by Crippen LogP contribution is 2.15. The Kier molecular flexibility index (Phi) is 5.26. The number of carbonyl (C=O) groups is 2. The van der Waals surface area contributed by atoms with Crippen LogP contribution < -0.4 is 5.32 Å². The van der Waals surface area contributed by atoms with Crippen molar-refractivity contribution >= 4 is 17.6 Å². The molecule has 1 aromatic carbocycles. The number of amides is 1. The summed E-state index contributed by atoms with van der Waals surface area (Å²) in [5, 5.41) is 11.1. The van der Waals surface area contributed by atoms with Crippen molar-refractivity contribution in [1.29, 1.82) is 0 Å². The molecule has 1 rings (SSSR count). The number of aromatic carboxylic acids is 1. The van der Waals surface area contributed by atoms with Gasteiger partial charge in [-0.25, -0.2) is 9.18 Å².